The van der Waals surface area contributed by atoms with Gasteiger partial charge in [-0.3, -0.25) is 19.4 Å². The molecule has 0 radical (unpaired) electrons. The van der Waals surface area contributed by atoms with Gasteiger partial charge in [0.1, 0.15) is 6.04 Å². The van der Waals surface area contributed by atoms with Gasteiger partial charge < -0.3 is 24.8 Å². The van der Waals surface area contributed by atoms with Crippen molar-refractivity contribution in [2.75, 3.05) is 44.6 Å². The number of piperazine rings is 1. The van der Waals surface area contributed by atoms with Crippen LogP contribution in [0.1, 0.15) is 54.4 Å². The van der Waals surface area contributed by atoms with Crippen molar-refractivity contribution in [3.63, 3.8) is 0 Å². The maximum absolute atomic E-state index is 13.2. The van der Waals surface area contributed by atoms with Gasteiger partial charge in [0.2, 0.25) is 5.91 Å². The third-order valence-corrected chi connectivity index (χ3v) is 9.76. The highest BCUT2D eigenvalue weighted by atomic mass is 19.4. The number of benzene rings is 3. The summed E-state index contributed by atoms with van der Waals surface area (Å²) in [6.07, 6.45) is -5.88. The van der Waals surface area contributed by atoms with E-state index in [1.807, 2.05) is 36.4 Å². The van der Waals surface area contributed by atoms with E-state index in [9.17, 15) is 27.9 Å². The van der Waals surface area contributed by atoms with Crippen molar-refractivity contribution in [2.24, 2.45) is 5.92 Å². The molecule has 5 atom stereocenters. The lowest BCUT2D eigenvalue weighted by atomic mass is 9.90. The van der Waals surface area contributed by atoms with Gasteiger partial charge in [-0.05, 0) is 41.7 Å². The highest BCUT2D eigenvalue weighted by molar-refractivity contribution is 5.98. The zero-order valence-corrected chi connectivity index (χ0v) is 27.5. The molecule has 0 saturated carbocycles. The number of anilines is 1. The fraction of sp³-hybridized carbons (Fsp3) is 0.459. The van der Waals surface area contributed by atoms with Crippen molar-refractivity contribution in [1.29, 1.82) is 0 Å². The molecule has 262 valence electrons. The third-order valence-electron chi connectivity index (χ3n) is 9.76. The van der Waals surface area contributed by atoms with Crippen LogP contribution >= 0.6 is 0 Å². The minimum Gasteiger partial charge on any atom is -0.392 e. The quantitative estimate of drug-likeness (QED) is 0.318. The molecular weight excluding hydrogens is 637 g/mol. The second-order valence-corrected chi connectivity index (χ2v) is 13.2. The Labute approximate surface area is 284 Å². The van der Waals surface area contributed by atoms with Crippen LogP contribution in [0.2, 0.25) is 0 Å². The summed E-state index contributed by atoms with van der Waals surface area (Å²) in [5.41, 5.74) is 4.06. The molecule has 0 spiro atoms. The average molecular weight is 681 g/mol. The summed E-state index contributed by atoms with van der Waals surface area (Å²) < 4.78 is 52.7. The molecule has 6 rings (SSSR count). The Morgan fingerprint density at radius 3 is 2.27 bits per heavy atom. The predicted molar refractivity (Wildman–Crippen MR) is 177 cm³/mol. The minimum absolute atomic E-state index is 0.0130. The van der Waals surface area contributed by atoms with Crippen LogP contribution in [-0.4, -0.2) is 89.2 Å². The molecule has 3 saturated heterocycles. The third kappa shape index (κ3) is 8.50. The standard InChI is InChI=1S/C37H43F3N4O5/c1-25-32(23-43-19-17-42(18-20-43)22-26-7-3-2-4-8-26)48-35(49-33(25)28-14-12-27(24-45)13-15-28)29-9-5-10-30(21-29)41-34(46)31-11-6-16-44(31)36(47)37(38,39)40/h2-5,7-10,12-15,21,25,31-33,35,45H,6,11,16-20,22-24H2,1H3,(H,41,46)/t25-,31-,32+,33+,35+/m0/s1. The van der Waals surface area contributed by atoms with Crippen molar-refractivity contribution in [1.82, 2.24) is 14.7 Å². The van der Waals surface area contributed by atoms with Crippen LogP contribution in [0.25, 0.3) is 0 Å². The zero-order chi connectivity index (χ0) is 34.5. The van der Waals surface area contributed by atoms with Crippen molar-refractivity contribution in [2.45, 2.75) is 63.6 Å². The van der Waals surface area contributed by atoms with Crippen LogP contribution in [0, 0.1) is 5.92 Å². The van der Waals surface area contributed by atoms with E-state index in [0.29, 0.717) is 29.1 Å². The second kappa shape index (κ2) is 15.4. The van der Waals surface area contributed by atoms with Gasteiger partial charge in [0.15, 0.2) is 6.29 Å². The highest BCUT2D eigenvalue weighted by Crippen LogP contribution is 2.42. The second-order valence-electron chi connectivity index (χ2n) is 13.2. The van der Waals surface area contributed by atoms with Gasteiger partial charge >= 0.3 is 12.1 Å². The largest absolute Gasteiger partial charge is 0.471 e. The molecule has 49 heavy (non-hydrogen) atoms. The Balaban J connectivity index is 1.16. The Kier molecular flexibility index (Phi) is 11.0. The molecule has 0 aliphatic carbocycles. The van der Waals surface area contributed by atoms with E-state index in [-0.39, 0.29) is 37.7 Å². The van der Waals surface area contributed by atoms with Crippen molar-refractivity contribution < 1.29 is 37.3 Å². The van der Waals surface area contributed by atoms with E-state index < -0.39 is 30.3 Å². The number of nitrogens with one attached hydrogen (secondary N) is 1. The molecule has 3 aliphatic rings. The van der Waals surface area contributed by atoms with Gasteiger partial charge in [0.05, 0.1) is 18.8 Å². The topological polar surface area (TPSA) is 94.6 Å². The van der Waals surface area contributed by atoms with E-state index in [0.717, 1.165) is 43.9 Å². The normalized spacial score (nSPS) is 25.3. The summed E-state index contributed by atoms with van der Waals surface area (Å²) in [5.74, 6) is -2.68. The van der Waals surface area contributed by atoms with Crippen LogP contribution in [0.5, 0.6) is 0 Å². The summed E-state index contributed by atoms with van der Waals surface area (Å²) >= 11 is 0. The Hall–Kier alpha value is -3.81. The van der Waals surface area contributed by atoms with Gasteiger partial charge in [-0.25, -0.2) is 0 Å². The molecule has 2 N–H and O–H groups in total. The van der Waals surface area contributed by atoms with E-state index in [4.69, 9.17) is 9.47 Å². The number of hydrogen-bond donors (Lipinski definition) is 2. The number of carbonyl (C=O) groups excluding carboxylic acids is 2. The number of aliphatic hydroxyl groups is 1. The molecule has 3 aromatic rings. The van der Waals surface area contributed by atoms with Crippen molar-refractivity contribution in [3.8, 4) is 0 Å². The molecule has 3 fully saturated rings. The van der Waals surface area contributed by atoms with Crippen LogP contribution in [0.15, 0.2) is 78.9 Å². The lowest BCUT2D eigenvalue weighted by Gasteiger charge is -2.44. The van der Waals surface area contributed by atoms with Crippen molar-refractivity contribution in [3.05, 3.63) is 101 Å². The first-order chi connectivity index (χ1) is 23.6. The Morgan fingerprint density at radius 2 is 1.57 bits per heavy atom. The van der Waals surface area contributed by atoms with Gasteiger partial charge in [-0.1, -0.05) is 73.7 Å². The van der Waals surface area contributed by atoms with E-state index in [2.05, 4.69) is 46.3 Å². The van der Waals surface area contributed by atoms with Crippen LogP contribution in [0.3, 0.4) is 0 Å². The SMILES string of the molecule is C[C@H]1[C@@H](CN2CCN(Cc3ccccc3)CC2)O[C@@H](c2cccc(NC(=O)[C@@H]3CCCN3C(=O)C(F)(F)F)c2)O[C@H]1c1ccc(CO)cc1. The lowest BCUT2D eigenvalue weighted by molar-refractivity contribution is -0.276. The van der Waals surface area contributed by atoms with Crippen molar-refractivity contribution >= 4 is 17.5 Å². The zero-order valence-electron chi connectivity index (χ0n) is 27.5. The number of rotatable bonds is 9. The molecule has 12 heteroatoms. The summed E-state index contributed by atoms with van der Waals surface area (Å²) in [6, 6.07) is 23.8. The van der Waals surface area contributed by atoms with E-state index >= 15 is 0 Å². The first kappa shape index (κ1) is 35.0. The molecule has 0 unspecified atom stereocenters. The van der Waals surface area contributed by atoms with Gasteiger partial charge in [0, 0.05) is 63.0 Å². The Bertz CT molecular complexity index is 1570. The molecule has 0 bridgehead atoms. The number of hydrogen-bond acceptors (Lipinski definition) is 7. The first-order valence-corrected chi connectivity index (χ1v) is 16.9. The summed E-state index contributed by atoms with van der Waals surface area (Å²) in [5, 5.41) is 12.3. The van der Waals surface area contributed by atoms with E-state index in [1.54, 1.807) is 18.2 Å². The Morgan fingerprint density at radius 1 is 0.857 bits per heavy atom. The molecule has 2 amide bonds. The lowest BCUT2D eigenvalue weighted by Crippen LogP contribution is -2.51. The average Bonchev–Trinajstić information content (AvgIpc) is 3.60. The number of alkyl halides is 3. The van der Waals surface area contributed by atoms with Crippen LogP contribution in [-0.2, 0) is 32.2 Å². The monoisotopic (exact) mass is 680 g/mol. The van der Waals surface area contributed by atoms with Gasteiger partial charge in [0.25, 0.3) is 0 Å². The predicted octanol–water partition coefficient (Wildman–Crippen LogP) is 5.28. The van der Waals surface area contributed by atoms with Crippen LogP contribution in [0.4, 0.5) is 18.9 Å². The number of halogens is 3. The highest BCUT2D eigenvalue weighted by Gasteiger charge is 2.48. The number of nitrogens with zero attached hydrogens (tertiary/aromatic N) is 3. The molecule has 3 aliphatic heterocycles. The fourth-order valence-corrected chi connectivity index (χ4v) is 6.99. The minimum atomic E-state index is -5.04. The van der Waals surface area contributed by atoms with E-state index in [1.165, 1.54) is 5.56 Å². The number of amides is 2. The summed E-state index contributed by atoms with van der Waals surface area (Å²) in [6.45, 7) is 7.23. The molecular formula is C37H43F3N4O5. The number of likely N-dealkylation sites (tertiary alicyclic amines) is 1. The summed E-state index contributed by atoms with van der Waals surface area (Å²) in [4.78, 5) is 30.5. The van der Waals surface area contributed by atoms with Gasteiger partial charge in [-0.15, -0.1) is 0 Å². The number of carbonyl (C=O) groups is 2. The van der Waals surface area contributed by atoms with Crippen LogP contribution < -0.4 is 5.32 Å². The molecule has 3 aromatic carbocycles. The smallest absolute Gasteiger partial charge is 0.392 e. The maximum atomic E-state index is 13.2. The molecule has 3 heterocycles. The molecule has 9 nitrogen and oxygen atoms in total. The van der Waals surface area contributed by atoms with Gasteiger partial charge in [-0.2, -0.15) is 13.2 Å². The maximum Gasteiger partial charge on any atom is 0.471 e. The number of ether oxygens (including phenoxy) is 2. The fourth-order valence-electron chi connectivity index (χ4n) is 6.99. The first-order valence-electron chi connectivity index (χ1n) is 16.9. The summed E-state index contributed by atoms with van der Waals surface area (Å²) in [7, 11) is 0. The number of aliphatic hydroxyl groups excluding tert-OH is 1. The molecule has 0 aromatic heterocycles.